The van der Waals surface area contributed by atoms with Gasteiger partial charge >= 0.3 is 0 Å². The molecule has 4 aliphatic carbocycles. The van der Waals surface area contributed by atoms with Crippen LogP contribution >= 0.6 is 0 Å². The Bertz CT molecular complexity index is 1300. The Balaban J connectivity index is 0.800. The average Bonchev–Trinajstić information content (AvgIpc) is 3.12. The van der Waals surface area contributed by atoms with E-state index in [9.17, 15) is 10.2 Å². The molecule has 2 saturated carbocycles. The summed E-state index contributed by atoms with van der Waals surface area (Å²) < 4.78 is 23.7. The molecule has 52 heavy (non-hydrogen) atoms. The minimum Gasteiger partial charge on any atom is -0.508 e. The van der Waals surface area contributed by atoms with Gasteiger partial charge in [0.15, 0.2) is 0 Å². The van der Waals surface area contributed by atoms with Gasteiger partial charge in [-0.2, -0.15) is 0 Å². The van der Waals surface area contributed by atoms with E-state index < -0.39 is 0 Å². The van der Waals surface area contributed by atoms with E-state index in [1.54, 1.807) is 0 Å². The van der Waals surface area contributed by atoms with E-state index in [1.165, 1.54) is 73.6 Å². The molecule has 0 amide bonds. The lowest BCUT2D eigenvalue weighted by Gasteiger charge is -2.49. The highest BCUT2D eigenvalue weighted by Gasteiger charge is 2.46. The van der Waals surface area contributed by atoms with Gasteiger partial charge in [-0.25, -0.2) is 0 Å². The van der Waals surface area contributed by atoms with Crippen molar-refractivity contribution < 1.29 is 29.2 Å². The van der Waals surface area contributed by atoms with Crippen molar-refractivity contribution >= 4 is 0 Å². The second-order valence-corrected chi connectivity index (χ2v) is 17.0. The fourth-order valence-corrected chi connectivity index (χ4v) is 10.4. The number of phenols is 2. The maximum absolute atomic E-state index is 10.3. The van der Waals surface area contributed by atoms with Crippen molar-refractivity contribution in [1.29, 1.82) is 0 Å². The minimum atomic E-state index is 0.0363. The molecule has 290 valence electrons. The fraction of sp³-hybridized carbons (Fsp3) is 0.727. The Morgan fingerprint density at radius 2 is 1.06 bits per heavy atom. The van der Waals surface area contributed by atoms with Gasteiger partial charge < -0.3 is 39.8 Å². The summed E-state index contributed by atoms with van der Waals surface area (Å²) in [5.41, 5.74) is 5.58. The molecule has 4 aliphatic rings. The number of nitrogens with one attached hydrogen (secondary N) is 2. The zero-order valence-electron chi connectivity index (χ0n) is 32.4. The van der Waals surface area contributed by atoms with Crippen LogP contribution < -0.4 is 10.6 Å². The number of hydrogen-bond donors (Lipinski definition) is 4. The van der Waals surface area contributed by atoms with Crippen molar-refractivity contribution in [3.63, 3.8) is 0 Å². The summed E-state index contributed by atoms with van der Waals surface area (Å²) in [6, 6.07) is 12.8. The molecule has 2 aromatic carbocycles. The van der Waals surface area contributed by atoms with Crippen LogP contribution in [-0.4, -0.2) is 88.2 Å². The van der Waals surface area contributed by atoms with Gasteiger partial charge in [-0.15, -0.1) is 0 Å². The largest absolute Gasteiger partial charge is 0.508 e. The van der Waals surface area contributed by atoms with Gasteiger partial charge in [0, 0.05) is 41.9 Å². The van der Waals surface area contributed by atoms with E-state index >= 15 is 0 Å². The first-order valence-electron chi connectivity index (χ1n) is 20.7. The fourth-order valence-electron chi connectivity index (χ4n) is 10.4. The number of benzene rings is 2. The first-order chi connectivity index (χ1) is 25.3. The maximum Gasteiger partial charge on any atom is 0.115 e. The lowest BCUT2D eigenvalue weighted by atomic mass is 9.59. The molecule has 6 rings (SSSR count). The summed E-state index contributed by atoms with van der Waals surface area (Å²) in [4.78, 5) is 0. The van der Waals surface area contributed by atoms with Gasteiger partial charge in [-0.1, -0.05) is 71.4 Å². The highest BCUT2D eigenvalue weighted by Crippen LogP contribution is 2.48. The van der Waals surface area contributed by atoms with E-state index in [4.69, 9.17) is 18.9 Å². The minimum absolute atomic E-state index is 0.0363. The molecule has 0 spiro atoms. The second kappa shape index (κ2) is 18.9. The van der Waals surface area contributed by atoms with Crippen molar-refractivity contribution in [2.75, 3.05) is 65.9 Å². The first kappa shape index (κ1) is 39.5. The van der Waals surface area contributed by atoms with Crippen LogP contribution in [-0.2, 0) is 42.6 Å². The molecule has 0 aromatic heterocycles. The molecule has 8 nitrogen and oxygen atoms in total. The van der Waals surface area contributed by atoms with E-state index in [0.717, 1.165) is 38.8 Å². The average molecular weight is 721 g/mol. The zero-order chi connectivity index (χ0) is 36.4. The van der Waals surface area contributed by atoms with Crippen LogP contribution in [0.3, 0.4) is 0 Å². The first-order valence-corrected chi connectivity index (χ1v) is 20.7. The molecule has 6 atom stereocenters. The molecule has 0 saturated heterocycles. The second-order valence-electron chi connectivity index (χ2n) is 17.0. The highest BCUT2D eigenvalue weighted by molar-refractivity contribution is 5.45. The Kier molecular flexibility index (Phi) is 14.4. The number of phenolic OH excluding ortho intramolecular Hbond substituents is 2. The monoisotopic (exact) mass is 721 g/mol. The topological polar surface area (TPSA) is 101 Å². The molecule has 4 N–H and O–H groups in total. The molecule has 0 heterocycles. The van der Waals surface area contributed by atoms with Gasteiger partial charge in [0.1, 0.15) is 11.5 Å². The van der Waals surface area contributed by atoms with Crippen LogP contribution in [0.5, 0.6) is 11.5 Å². The van der Waals surface area contributed by atoms with Gasteiger partial charge in [-0.05, 0) is 96.9 Å². The summed E-state index contributed by atoms with van der Waals surface area (Å²) in [5, 5.41) is 28.4. The molecule has 0 radical (unpaired) electrons. The highest BCUT2D eigenvalue weighted by atomic mass is 16.5. The molecule has 0 aliphatic heterocycles. The summed E-state index contributed by atoms with van der Waals surface area (Å²) in [5.74, 6) is 2.32. The van der Waals surface area contributed by atoms with Crippen LogP contribution in [0.1, 0.15) is 107 Å². The normalized spacial score (nSPS) is 28.7. The van der Waals surface area contributed by atoms with Crippen LogP contribution in [0.2, 0.25) is 0 Å². The zero-order valence-corrected chi connectivity index (χ0v) is 32.4. The van der Waals surface area contributed by atoms with E-state index in [0.29, 0.717) is 94.2 Å². The molecule has 2 fully saturated rings. The number of ether oxygens (including phenoxy) is 4. The Labute approximate surface area is 313 Å². The van der Waals surface area contributed by atoms with E-state index in [1.807, 2.05) is 24.3 Å². The third-order valence-corrected chi connectivity index (χ3v) is 13.0. The number of fused-ring (bicyclic) bond motifs is 8. The van der Waals surface area contributed by atoms with Crippen molar-refractivity contribution in [2.45, 2.75) is 121 Å². The van der Waals surface area contributed by atoms with Gasteiger partial charge in [0.05, 0.1) is 52.9 Å². The summed E-state index contributed by atoms with van der Waals surface area (Å²) in [6.45, 7) is 13.6. The van der Waals surface area contributed by atoms with Crippen molar-refractivity contribution in [2.24, 2.45) is 17.8 Å². The number of hydrogen-bond acceptors (Lipinski definition) is 8. The molecular formula is C44H68N2O6. The summed E-state index contributed by atoms with van der Waals surface area (Å²) in [6.07, 6.45) is 14.7. The number of aromatic hydroxyl groups is 2. The van der Waals surface area contributed by atoms with Crippen LogP contribution in [0.15, 0.2) is 36.4 Å². The third kappa shape index (κ3) is 9.72. The number of rotatable bonds is 18. The Morgan fingerprint density at radius 1 is 0.615 bits per heavy atom. The predicted octanol–water partition coefficient (Wildman–Crippen LogP) is 7.21. The smallest absolute Gasteiger partial charge is 0.115 e. The van der Waals surface area contributed by atoms with E-state index in [2.05, 4.69) is 43.5 Å². The van der Waals surface area contributed by atoms with E-state index in [-0.39, 0.29) is 10.8 Å². The van der Waals surface area contributed by atoms with Crippen LogP contribution in [0, 0.1) is 17.8 Å². The quantitative estimate of drug-likeness (QED) is 0.120. The third-order valence-electron chi connectivity index (χ3n) is 13.0. The molecule has 8 heteroatoms. The lowest BCUT2D eigenvalue weighted by molar-refractivity contribution is 0.0000770. The van der Waals surface area contributed by atoms with Gasteiger partial charge in [0.2, 0.25) is 0 Å². The van der Waals surface area contributed by atoms with Crippen LogP contribution in [0.4, 0.5) is 0 Å². The standard InChI is InChI=1S/C44H68N2O6/c1-32(30-51-24-22-49-20-18-45-41-35-10-6-4-8-16-43(41,2)39-28-37(47)14-12-33(39)26-35)31-52-25-23-50-21-19-46-42-36-11-7-5-9-17-44(42,3)40-29-38(48)15-13-34(40)27-36/h12-15,28-29,32,35-36,41-42,45-48H,4-11,16-27,30-31H2,1-3H3/t35-,36-,41-,42-,43+,44+/m0/s1. The SMILES string of the molecule is CC(COCCOCCN[C@H]1[C@H]2CCCCC[C@]1(C)c1cc(O)ccc1C2)COCCOCCN[C@H]1[C@H]2CCCCC[C@]1(C)c1cc(O)ccc1C2. The van der Waals surface area contributed by atoms with Crippen LogP contribution in [0.25, 0.3) is 0 Å². The predicted molar refractivity (Wildman–Crippen MR) is 207 cm³/mol. The van der Waals surface area contributed by atoms with Crippen molar-refractivity contribution in [1.82, 2.24) is 10.6 Å². The molecule has 0 unspecified atom stereocenters. The molecular weight excluding hydrogens is 652 g/mol. The van der Waals surface area contributed by atoms with Gasteiger partial charge in [0.25, 0.3) is 0 Å². The summed E-state index contributed by atoms with van der Waals surface area (Å²) >= 11 is 0. The molecule has 2 aromatic rings. The van der Waals surface area contributed by atoms with Gasteiger partial charge in [-0.3, -0.25) is 0 Å². The lowest BCUT2D eigenvalue weighted by Crippen LogP contribution is -2.55. The Morgan fingerprint density at radius 3 is 1.52 bits per heavy atom. The van der Waals surface area contributed by atoms with Crippen molar-refractivity contribution in [3.05, 3.63) is 58.7 Å². The molecule has 4 bridgehead atoms. The maximum atomic E-state index is 10.3. The summed E-state index contributed by atoms with van der Waals surface area (Å²) in [7, 11) is 0. The van der Waals surface area contributed by atoms with Crippen molar-refractivity contribution in [3.8, 4) is 11.5 Å². The Hall–Kier alpha value is -2.20.